The van der Waals surface area contributed by atoms with Crippen molar-refractivity contribution in [3.63, 3.8) is 0 Å². The third-order valence-corrected chi connectivity index (χ3v) is 7.33. The molecule has 1 fully saturated rings. The normalized spacial score (nSPS) is 21.1. The summed E-state index contributed by atoms with van der Waals surface area (Å²) in [5.41, 5.74) is -0.787. The third kappa shape index (κ3) is 6.77. The van der Waals surface area contributed by atoms with Gasteiger partial charge < -0.3 is 14.6 Å². The lowest BCUT2D eigenvalue weighted by Gasteiger charge is -2.37. The lowest BCUT2D eigenvalue weighted by Crippen LogP contribution is -2.43. The summed E-state index contributed by atoms with van der Waals surface area (Å²) in [6.07, 6.45) is 11.3. The smallest absolute Gasteiger partial charge is 0.177 e. The average molecular weight is 535 g/mol. The fourth-order valence-electron chi connectivity index (χ4n) is 3.73. The fraction of sp³-hybridized carbons (Fsp3) is 0.320. The Balaban J connectivity index is 1.36. The van der Waals surface area contributed by atoms with Gasteiger partial charge in [0.05, 0.1) is 25.0 Å². The molecule has 1 unspecified atom stereocenters. The van der Waals surface area contributed by atoms with E-state index < -0.39 is 28.8 Å². The van der Waals surface area contributed by atoms with Gasteiger partial charge in [0, 0.05) is 23.1 Å². The van der Waals surface area contributed by atoms with E-state index >= 15 is 0 Å². The van der Waals surface area contributed by atoms with Crippen LogP contribution in [0.5, 0.6) is 0 Å². The van der Waals surface area contributed by atoms with Crippen LogP contribution in [0.4, 0.5) is 8.78 Å². The van der Waals surface area contributed by atoms with Gasteiger partial charge >= 0.3 is 0 Å². The van der Waals surface area contributed by atoms with Crippen molar-refractivity contribution in [3.8, 4) is 0 Å². The Morgan fingerprint density at radius 3 is 2.72 bits per heavy atom. The number of rotatable bonds is 9. The number of hydrogen-bond donors (Lipinski definition) is 1. The quantitative estimate of drug-likeness (QED) is 0.317. The molecule has 2 atom stereocenters. The number of nitrogens with zero attached hydrogens (tertiary/aromatic N) is 4. The van der Waals surface area contributed by atoms with Crippen molar-refractivity contribution in [3.05, 3.63) is 95.3 Å². The highest BCUT2D eigenvalue weighted by Crippen LogP contribution is 2.38. The van der Waals surface area contributed by atoms with Gasteiger partial charge in [0.2, 0.25) is 0 Å². The first-order chi connectivity index (χ1) is 17.3. The summed E-state index contributed by atoms with van der Waals surface area (Å²) in [5.74, 6) is -1.54. The van der Waals surface area contributed by atoms with Crippen molar-refractivity contribution < 1.29 is 23.4 Å². The first kappa shape index (κ1) is 26.4. The van der Waals surface area contributed by atoms with Crippen LogP contribution < -0.4 is 0 Å². The minimum atomic E-state index is -1.69. The van der Waals surface area contributed by atoms with Crippen molar-refractivity contribution in [1.82, 2.24) is 19.7 Å². The van der Waals surface area contributed by atoms with Crippen LogP contribution in [-0.4, -0.2) is 54.9 Å². The molecule has 0 saturated carbocycles. The summed E-state index contributed by atoms with van der Waals surface area (Å²) in [6, 6.07) is 6.73. The molecule has 2 aromatic heterocycles. The maximum Gasteiger partial charge on any atom is 0.177 e. The number of halogens is 3. The second-order valence-corrected chi connectivity index (χ2v) is 10.3. The van der Waals surface area contributed by atoms with Crippen LogP contribution >= 0.6 is 23.4 Å². The fourth-order valence-corrected chi connectivity index (χ4v) is 5.16. The van der Waals surface area contributed by atoms with E-state index in [1.807, 2.05) is 24.3 Å². The van der Waals surface area contributed by atoms with Gasteiger partial charge in [-0.1, -0.05) is 48.9 Å². The van der Waals surface area contributed by atoms with Gasteiger partial charge in [0.25, 0.3) is 0 Å². The Morgan fingerprint density at radius 2 is 2.06 bits per heavy atom. The molecule has 0 spiro atoms. The minimum absolute atomic E-state index is 0.0134. The lowest BCUT2D eigenvalue weighted by molar-refractivity contribution is -0.146. The molecule has 3 heterocycles. The SMILES string of the molecule is C[C@@H](SC1COC(C=CC=Cc2ccc(Cl)nc2)OC1)C(O)(Cn1cncn1)c1ccc(F)cc1F. The van der Waals surface area contributed by atoms with E-state index in [1.54, 1.807) is 25.3 Å². The van der Waals surface area contributed by atoms with Crippen LogP contribution in [0.3, 0.4) is 0 Å². The topological polar surface area (TPSA) is 82.3 Å². The average Bonchev–Trinajstić information content (AvgIpc) is 3.36. The molecule has 1 aliphatic heterocycles. The highest BCUT2D eigenvalue weighted by Gasteiger charge is 2.41. The van der Waals surface area contributed by atoms with Crippen LogP contribution in [0, 0.1) is 11.6 Å². The van der Waals surface area contributed by atoms with Crippen molar-refractivity contribution in [2.24, 2.45) is 0 Å². The maximum atomic E-state index is 14.7. The number of pyridine rings is 1. The predicted octanol–water partition coefficient (Wildman–Crippen LogP) is 4.63. The highest BCUT2D eigenvalue weighted by molar-refractivity contribution is 8.00. The van der Waals surface area contributed by atoms with Crippen molar-refractivity contribution >= 4 is 29.4 Å². The molecule has 1 aliphatic rings. The molecule has 0 bridgehead atoms. The molecule has 7 nitrogen and oxygen atoms in total. The second-order valence-electron chi connectivity index (χ2n) is 8.24. The Morgan fingerprint density at radius 1 is 1.25 bits per heavy atom. The van der Waals surface area contributed by atoms with Gasteiger partial charge in [-0.25, -0.2) is 23.4 Å². The van der Waals surface area contributed by atoms with E-state index in [2.05, 4.69) is 15.1 Å². The van der Waals surface area contributed by atoms with E-state index in [-0.39, 0.29) is 17.4 Å². The van der Waals surface area contributed by atoms with Gasteiger partial charge in [0.1, 0.15) is 35.0 Å². The number of aromatic nitrogens is 4. The van der Waals surface area contributed by atoms with Gasteiger partial charge in [0.15, 0.2) is 6.29 Å². The van der Waals surface area contributed by atoms with Crippen LogP contribution in [0.2, 0.25) is 5.15 Å². The molecular formula is C25H25ClF2N4O3S. The molecule has 1 saturated heterocycles. The second kappa shape index (κ2) is 12.1. The number of allylic oxidation sites excluding steroid dienone is 2. The number of thioether (sulfide) groups is 1. The number of ether oxygens (including phenoxy) is 2. The molecule has 0 aliphatic carbocycles. The monoisotopic (exact) mass is 534 g/mol. The van der Waals surface area contributed by atoms with E-state index in [9.17, 15) is 13.9 Å². The standard InChI is InChI=1S/C25H25ClF2N4O3S/c1-17(25(33,14-32-16-29-15-31-32)21-8-7-19(27)10-22(21)28)36-20-12-34-24(35-13-20)5-3-2-4-18-6-9-23(26)30-11-18/h2-11,15-17,20,24,33H,12-14H2,1H3/t17-,20?,24?,25?/m1/s1. The van der Waals surface area contributed by atoms with E-state index in [0.717, 1.165) is 17.7 Å². The predicted molar refractivity (Wildman–Crippen MR) is 134 cm³/mol. The van der Waals surface area contributed by atoms with Crippen LogP contribution in [0.1, 0.15) is 18.1 Å². The minimum Gasteiger partial charge on any atom is -0.382 e. The molecule has 1 N–H and O–H groups in total. The van der Waals surface area contributed by atoms with E-state index in [0.29, 0.717) is 18.4 Å². The molecule has 11 heteroatoms. The van der Waals surface area contributed by atoms with Gasteiger partial charge in [-0.2, -0.15) is 5.10 Å². The zero-order chi connectivity index (χ0) is 25.5. The first-order valence-electron chi connectivity index (χ1n) is 11.2. The van der Waals surface area contributed by atoms with Gasteiger partial charge in [-0.15, -0.1) is 11.8 Å². The maximum absolute atomic E-state index is 14.7. The lowest BCUT2D eigenvalue weighted by atomic mass is 9.90. The zero-order valence-electron chi connectivity index (χ0n) is 19.4. The largest absolute Gasteiger partial charge is 0.382 e. The van der Waals surface area contributed by atoms with Gasteiger partial charge in [-0.05, 0) is 23.8 Å². The molecule has 1 aromatic carbocycles. The summed E-state index contributed by atoms with van der Waals surface area (Å²) in [7, 11) is 0. The molecule has 4 rings (SSSR count). The summed E-state index contributed by atoms with van der Waals surface area (Å²) in [4.78, 5) is 7.91. The summed E-state index contributed by atoms with van der Waals surface area (Å²) in [5, 5.41) is 15.5. The summed E-state index contributed by atoms with van der Waals surface area (Å²) >= 11 is 7.19. The first-order valence-corrected chi connectivity index (χ1v) is 12.5. The Labute approximate surface area is 216 Å². The molecule has 3 aromatic rings. The molecular weight excluding hydrogens is 510 g/mol. The number of benzene rings is 1. The zero-order valence-corrected chi connectivity index (χ0v) is 20.9. The van der Waals surface area contributed by atoms with Crippen molar-refractivity contribution in [2.45, 2.75) is 35.9 Å². The van der Waals surface area contributed by atoms with Crippen LogP contribution in [0.25, 0.3) is 6.08 Å². The van der Waals surface area contributed by atoms with Crippen molar-refractivity contribution in [1.29, 1.82) is 0 Å². The molecule has 0 radical (unpaired) electrons. The Bertz CT molecular complexity index is 1190. The summed E-state index contributed by atoms with van der Waals surface area (Å²) in [6.45, 7) is 2.48. The van der Waals surface area contributed by atoms with Crippen LogP contribution in [-0.2, 0) is 21.6 Å². The van der Waals surface area contributed by atoms with Crippen molar-refractivity contribution in [2.75, 3.05) is 13.2 Å². The third-order valence-electron chi connectivity index (χ3n) is 5.65. The Kier molecular flexibility index (Phi) is 8.86. The molecule has 190 valence electrons. The van der Waals surface area contributed by atoms with E-state index in [1.165, 1.54) is 35.2 Å². The van der Waals surface area contributed by atoms with E-state index in [4.69, 9.17) is 21.1 Å². The molecule has 36 heavy (non-hydrogen) atoms. The number of hydrogen-bond acceptors (Lipinski definition) is 7. The highest BCUT2D eigenvalue weighted by atomic mass is 35.5. The van der Waals surface area contributed by atoms with Crippen LogP contribution in [0.15, 0.2) is 67.4 Å². The molecule has 0 amide bonds. The van der Waals surface area contributed by atoms with Gasteiger partial charge in [-0.3, -0.25) is 0 Å². The Hall–Kier alpha value is -2.63. The number of aliphatic hydroxyl groups is 1. The summed E-state index contributed by atoms with van der Waals surface area (Å²) < 4.78 is 41.3.